The molecule has 3 rings (SSSR count). The molecule has 0 unspecified atom stereocenters. The van der Waals surface area contributed by atoms with Gasteiger partial charge in [0.2, 0.25) is 0 Å². The van der Waals surface area contributed by atoms with Gasteiger partial charge in [0.25, 0.3) is 5.91 Å². The molecule has 2 aromatic carbocycles. The van der Waals surface area contributed by atoms with E-state index in [9.17, 15) is 4.79 Å². The number of carbonyl (C=O) groups is 1. The fraction of sp³-hybridized carbons (Fsp3) is 0.316. The number of hydrogen-bond acceptors (Lipinski definition) is 4. The Labute approximate surface area is 153 Å². The van der Waals surface area contributed by atoms with E-state index in [0.29, 0.717) is 16.3 Å². The Balaban J connectivity index is 1.49. The Morgan fingerprint density at radius 1 is 1.04 bits per heavy atom. The lowest BCUT2D eigenvalue weighted by molar-refractivity contribution is 0.100. The van der Waals surface area contributed by atoms with Crippen molar-refractivity contribution in [1.82, 2.24) is 4.90 Å². The second kappa shape index (κ2) is 8.23. The maximum Gasteiger partial charge on any atom is 0.250 e. The molecule has 1 aliphatic rings. The molecule has 0 radical (unpaired) electrons. The first-order chi connectivity index (χ1) is 12.1. The molecule has 2 aromatic rings. The molecule has 3 N–H and O–H groups in total. The Hall–Kier alpha value is -2.24. The van der Waals surface area contributed by atoms with Crippen LogP contribution in [-0.4, -0.2) is 50.1 Å². The van der Waals surface area contributed by atoms with Gasteiger partial charge in [0.1, 0.15) is 0 Å². The van der Waals surface area contributed by atoms with Crippen molar-refractivity contribution in [2.24, 2.45) is 5.73 Å². The summed E-state index contributed by atoms with van der Waals surface area (Å²) in [6, 6.07) is 15.7. The van der Waals surface area contributed by atoms with Crippen LogP contribution >= 0.6 is 11.6 Å². The number of hydrogen-bond donors (Lipinski definition) is 2. The summed E-state index contributed by atoms with van der Waals surface area (Å²) in [4.78, 5) is 16.3. The van der Waals surface area contributed by atoms with Gasteiger partial charge in [0.05, 0.1) is 16.3 Å². The van der Waals surface area contributed by atoms with E-state index in [4.69, 9.17) is 17.3 Å². The summed E-state index contributed by atoms with van der Waals surface area (Å²) >= 11 is 6.19. The maximum atomic E-state index is 11.5. The van der Waals surface area contributed by atoms with E-state index >= 15 is 0 Å². The largest absolute Gasteiger partial charge is 0.382 e. The lowest BCUT2D eigenvalue weighted by Gasteiger charge is -2.36. The summed E-state index contributed by atoms with van der Waals surface area (Å²) in [5.74, 6) is -0.471. The monoisotopic (exact) mass is 358 g/mol. The van der Waals surface area contributed by atoms with Gasteiger partial charge in [-0.3, -0.25) is 9.69 Å². The van der Waals surface area contributed by atoms with Gasteiger partial charge in [-0.2, -0.15) is 0 Å². The number of nitrogens with zero attached hydrogens (tertiary/aromatic N) is 2. The summed E-state index contributed by atoms with van der Waals surface area (Å²) in [5, 5.41) is 3.78. The number of carbonyl (C=O) groups excluding carboxylic acids is 1. The number of nitrogens with one attached hydrogen (secondary N) is 1. The third-order valence-electron chi connectivity index (χ3n) is 4.50. The zero-order valence-electron chi connectivity index (χ0n) is 14.1. The summed E-state index contributed by atoms with van der Waals surface area (Å²) in [6.07, 6.45) is 0. The van der Waals surface area contributed by atoms with Crippen molar-refractivity contribution in [1.29, 1.82) is 0 Å². The third kappa shape index (κ3) is 4.44. The lowest BCUT2D eigenvalue weighted by Crippen LogP contribution is -2.47. The number of rotatable bonds is 6. The van der Waals surface area contributed by atoms with Crippen LogP contribution in [0.4, 0.5) is 11.4 Å². The van der Waals surface area contributed by atoms with Gasteiger partial charge in [-0.25, -0.2) is 0 Å². The van der Waals surface area contributed by atoms with Crippen molar-refractivity contribution in [3.05, 3.63) is 59.1 Å². The van der Waals surface area contributed by atoms with Crippen molar-refractivity contribution < 1.29 is 4.79 Å². The minimum atomic E-state index is -0.471. The van der Waals surface area contributed by atoms with Crippen molar-refractivity contribution >= 4 is 28.9 Å². The van der Waals surface area contributed by atoms with Crippen LogP contribution < -0.4 is 16.0 Å². The highest BCUT2D eigenvalue weighted by atomic mass is 35.5. The molecule has 0 spiro atoms. The Kier molecular flexibility index (Phi) is 5.79. The SMILES string of the molecule is NC(=O)c1cccc(Cl)c1NCCN1CCN(c2ccccc2)CC1. The summed E-state index contributed by atoms with van der Waals surface area (Å²) in [6.45, 7) is 5.68. The molecule has 6 heteroatoms. The quantitative estimate of drug-likeness (QED) is 0.833. The van der Waals surface area contributed by atoms with Gasteiger partial charge in [-0.15, -0.1) is 0 Å². The second-order valence-electron chi connectivity index (χ2n) is 6.12. The van der Waals surface area contributed by atoms with Gasteiger partial charge in [-0.05, 0) is 24.3 Å². The minimum absolute atomic E-state index is 0.432. The van der Waals surface area contributed by atoms with Gasteiger partial charge in [0, 0.05) is 45.0 Å². The predicted octanol–water partition coefficient (Wildman–Crippen LogP) is 2.67. The lowest BCUT2D eigenvalue weighted by atomic mass is 10.1. The van der Waals surface area contributed by atoms with Crippen LogP contribution in [0.3, 0.4) is 0 Å². The summed E-state index contributed by atoms with van der Waals surface area (Å²) < 4.78 is 0. The third-order valence-corrected chi connectivity index (χ3v) is 4.82. The van der Waals surface area contributed by atoms with E-state index in [2.05, 4.69) is 39.4 Å². The molecule has 1 aliphatic heterocycles. The maximum absolute atomic E-state index is 11.5. The van der Waals surface area contributed by atoms with E-state index in [-0.39, 0.29) is 0 Å². The molecular weight excluding hydrogens is 336 g/mol. The zero-order valence-corrected chi connectivity index (χ0v) is 14.9. The predicted molar refractivity (Wildman–Crippen MR) is 104 cm³/mol. The number of halogens is 1. The second-order valence-corrected chi connectivity index (χ2v) is 6.52. The number of piperazine rings is 1. The van der Waals surface area contributed by atoms with E-state index in [1.54, 1.807) is 18.2 Å². The highest BCUT2D eigenvalue weighted by molar-refractivity contribution is 6.34. The van der Waals surface area contributed by atoms with Crippen LogP contribution in [0.1, 0.15) is 10.4 Å². The van der Waals surface area contributed by atoms with Crippen molar-refractivity contribution in [3.8, 4) is 0 Å². The number of anilines is 2. The number of primary amides is 1. The highest BCUT2D eigenvalue weighted by Crippen LogP contribution is 2.25. The molecule has 0 aromatic heterocycles. The molecule has 1 saturated heterocycles. The first kappa shape index (κ1) is 17.6. The van der Waals surface area contributed by atoms with Crippen LogP contribution in [0.2, 0.25) is 5.02 Å². The fourth-order valence-corrected chi connectivity index (χ4v) is 3.36. The van der Waals surface area contributed by atoms with E-state index in [1.165, 1.54) is 5.69 Å². The van der Waals surface area contributed by atoms with Crippen molar-refractivity contribution in [2.75, 3.05) is 49.5 Å². The van der Waals surface area contributed by atoms with Crippen molar-refractivity contribution in [3.63, 3.8) is 0 Å². The molecule has 0 aliphatic carbocycles. The first-order valence-electron chi connectivity index (χ1n) is 8.49. The first-order valence-corrected chi connectivity index (χ1v) is 8.87. The van der Waals surface area contributed by atoms with Crippen LogP contribution in [0.5, 0.6) is 0 Å². The molecule has 0 atom stereocenters. The Bertz CT molecular complexity index is 715. The molecule has 25 heavy (non-hydrogen) atoms. The Morgan fingerprint density at radius 2 is 1.76 bits per heavy atom. The molecular formula is C19H23ClN4O. The molecule has 1 heterocycles. The molecule has 1 amide bonds. The smallest absolute Gasteiger partial charge is 0.250 e. The van der Waals surface area contributed by atoms with Gasteiger partial charge in [0.15, 0.2) is 0 Å². The highest BCUT2D eigenvalue weighted by Gasteiger charge is 2.17. The van der Waals surface area contributed by atoms with Gasteiger partial charge >= 0.3 is 0 Å². The van der Waals surface area contributed by atoms with Crippen molar-refractivity contribution in [2.45, 2.75) is 0 Å². The molecule has 5 nitrogen and oxygen atoms in total. The van der Waals surface area contributed by atoms with Gasteiger partial charge < -0.3 is 16.0 Å². The van der Waals surface area contributed by atoms with E-state index < -0.39 is 5.91 Å². The van der Waals surface area contributed by atoms with Gasteiger partial charge in [-0.1, -0.05) is 35.9 Å². The number of para-hydroxylation sites is 2. The average molecular weight is 359 g/mol. The molecule has 0 saturated carbocycles. The van der Waals surface area contributed by atoms with Crippen LogP contribution in [0.25, 0.3) is 0 Å². The number of amides is 1. The molecule has 0 bridgehead atoms. The zero-order chi connectivity index (χ0) is 17.6. The van der Waals surface area contributed by atoms with Crippen LogP contribution in [0.15, 0.2) is 48.5 Å². The molecule has 1 fully saturated rings. The molecule has 132 valence electrons. The average Bonchev–Trinajstić information content (AvgIpc) is 2.64. The topological polar surface area (TPSA) is 61.6 Å². The minimum Gasteiger partial charge on any atom is -0.382 e. The number of benzene rings is 2. The van der Waals surface area contributed by atoms with Crippen LogP contribution in [0, 0.1) is 0 Å². The fourth-order valence-electron chi connectivity index (χ4n) is 3.12. The number of nitrogens with two attached hydrogens (primary N) is 1. The van der Waals surface area contributed by atoms with E-state index in [0.717, 1.165) is 39.3 Å². The Morgan fingerprint density at radius 3 is 2.44 bits per heavy atom. The van der Waals surface area contributed by atoms with Crippen LogP contribution in [-0.2, 0) is 0 Å². The summed E-state index contributed by atoms with van der Waals surface area (Å²) in [5.41, 5.74) is 7.75. The summed E-state index contributed by atoms with van der Waals surface area (Å²) in [7, 11) is 0. The normalized spacial score (nSPS) is 15.2. The van der Waals surface area contributed by atoms with E-state index in [1.807, 2.05) is 6.07 Å². The standard InChI is InChI=1S/C19H23ClN4O/c20-17-8-4-7-16(19(21)25)18(17)22-9-10-23-11-13-24(14-12-23)15-5-2-1-3-6-15/h1-8,22H,9-14H2,(H2,21,25).